The standard InChI is InChI=1S/C11H19N2.ClH/c1-4-5-9-13-10-7-6-8-11(13)12(2)3;/h6-8,10H,4-5,9H2,1-3H3;1H/q+1;/p-1. The molecule has 0 radical (unpaired) electrons. The fraction of sp³-hybridized carbons (Fsp3) is 0.545. The van der Waals surface area contributed by atoms with Crippen LogP contribution in [-0.4, -0.2) is 14.1 Å². The van der Waals surface area contributed by atoms with E-state index in [-0.39, 0.29) is 12.4 Å². The highest BCUT2D eigenvalue weighted by molar-refractivity contribution is 5.29. The van der Waals surface area contributed by atoms with Crippen LogP contribution in [0.15, 0.2) is 24.4 Å². The highest BCUT2D eigenvalue weighted by atomic mass is 35.5. The van der Waals surface area contributed by atoms with Gasteiger partial charge in [0.25, 0.3) is 5.82 Å². The Bertz CT molecular complexity index is 261. The fourth-order valence-electron chi connectivity index (χ4n) is 1.39. The molecule has 14 heavy (non-hydrogen) atoms. The van der Waals surface area contributed by atoms with E-state index in [1.54, 1.807) is 0 Å². The number of halogens is 1. The topological polar surface area (TPSA) is 7.12 Å². The Kier molecular flexibility index (Phi) is 6.30. The molecule has 0 amide bonds. The van der Waals surface area contributed by atoms with Gasteiger partial charge in [-0.3, -0.25) is 4.90 Å². The summed E-state index contributed by atoms with van der Waals surface area (Å²) >= 11 is 0. The van der Waals surface area contributed by atoms with Crippen LogP contribution in [0, 0.1) is 0 Å². The third kappa shape index (κ3) is 3.54. The predicted octanol–water partition coefficient (Wildman–Crippen LogP) is -1.16. The van der Waals surface area contributed by atoms with E-state index in [4.69, 9.17) is 0 Å². The van der Waals surface area contributed by atoms with Gasteiger partial charge < -0.3 is 12.4 Å². The summed E-state index contributed by atoms with van der Waals surface area (Å²) in [6, 6.07) is 6.32. The second-order valence-corrected chi connectivity index (χ2v) is 3.50. The number of aryl methyl sites for hydroxylation is 1. The Hall–Kier alpha value is -0.760. The Morgan fingerprint density at radius 3 is 2.57 bits per heavy atom. The number of pyridine rings is 1. The van der Waals surface area contributed by atoms with Gasteiger partial charge in [-0.25, -0.2) is 4.57 Å². The van der Waals surface area contributed by atoms with Crippen molar-refractivity contribution in [2.24, 2.45) is 0 Å². The first-order chi connectivity index (χ1) is 6.25. The van der Waals surface area contributed by atoms with Crippen LogP contribution in [0.25, 0.3) is 0 Å². The summed E-state index contributed by atoms with van der Waals surface area (Å²) in [7, 11) is 4.16. The van der Waals surface area contributed by atoms with Gasteiger partial charge in [-0.1, -0.05) is 19.4 Å². The smallest absolute Gasteiger partial charge is 0.276 e. The third-order valence-electron chi connectivity index (χ3n) is 2.13. The summed E-state index contributed by atoms with van der Waals surface area (Å²) in [6.45, 7) is 3.34. The van der Waals surface area contributed by atoms with Crippen LogP contribution in [0.2, 0.25) is 0 Å². The van der Waals surface area contributed by atoms with Crippen LogP contribution in [0.5, 0.6) is 0 Å². The maximum Gasteiger partial charge on any atom is 0.276 e. The monoisotopic (exact) mass is 214 g/mol. The second kappa shape index (κ2) is 6.66. The zero-order valence-corrected chi connectivity index (χ0v) is 9.96. The summed E-state index contributed by atoms with van der Waals surface area (Å²) in [5, 5.41) is 0. The number of rotatable bonds is 4. The highest BCUT2D eigenvalue weighted by Crippen LogP contribution is 2.02. The van der Waals surface area contributed by atoms with Crippen LogP contribution >= 0.6 is 0 Å². The van der Waals surface area contributed by atoms with Gasteiger partial charge in [0.1, 0.15) is 0 Å². The predicted molar refractivity (Wildman–Crippen MR) is 55.9 cm³/mol. The van der Waals surface area contributed by atoms with Gasteiger partial charge in [0.2, 0.25) is 0 Å². The molecule has 0 aliphatic rings. The van der Waals surface area contributed by atoms with Crippen molar-refractivity contribution in [3.05, 3.63) is 24.4 Å². The average Bonchev–Trinajstić information content (AvgIpc) is 2.15. The normalized spacial score (nSPS) is 9.36. The van der Waals surface area contributed by atoms with Crippen molar-refractivity contribution in [2.75, 3.05) is 19.0 Å². The van der Waals surface area contributed by atoms with Crippen molar-refractivity contribution in [3.8, 4) is 0 Å². The molecule has 0 fully saturated rings. The molecule has 0 aromatic carbocycles. The minimum absolute atomic E-state index is 0. The van der Waals surface area contributed by atoms with E-state index in [1.165, 1.54) is 18.7 Å². The molecule has 1 aromatic heterocycles. The maximum atomic E-state index is 2.30. The first kappa shape index (κ1) is 13.2. The molecule has 0 unspecified atom stereocenters. The third-order valence-corrected chi connectivity index (χ3v) is 2.13. The molecule has 2 nitrogen and oxygen atoms in total. The quantitative estimate of drug-likeness (QED) is 0.574. The van der Waals surface area contributed by atoms with Gasteiger partial charge in [-0.05, 0) is 12.5 Å². The Morgan fingerprint density at radius 1 is 1.29 bits per heavy atom. The van der Waals surface area contributed by atoms with Crippen molar-refractivity contribution in [1.29, 1.82) is 0 Å². The van der Waals surface area contributed by atoms with E-state index >= 15 is 0 Å². The lowest BCUT2D eigenvalue weighted by Crippen LogP contribution is -3.00. The van der Waals surface area contributed by atoms with Gasteiger partial charge in [-0.2, -0.15) is 0 Å². The van der Waals surface area contributed by atoms with E-state index in [2.05, 4.69) is 54.9 Å². The molecule has 1 heterocycles. The number of anilines is 1. The zero-order valence-electron chi connectivity index (χ0n) is 9.20. The molecule has 0 aliphatic heterocycles. The van der Waals surface area contributed by atoms with E-state index < -0.39 is 0 Å². The van der Waals surface area contributed by atoms with Gasteiger partial charge in [0, 0.05) is 6.07 Å². The summed E-state index contributed by atoms with van der Waals surface area (Å²) in [5.74, 6) is 1.27. The minimum atomic E-state index is 0. The van der Waals surface area contributed by atoms with E-state index in [9.17, 15) is 0 Å². The summed E-state index contributed by atoms with van der Waals surface area (Å²) in [5.41, 5.74) is 0. The summed E-state index contributed by atoms with van der Waals surface area (Å²) in [6.07, 6.45) is 4.63. The largest absolute Gasteiger partial charge is 1.00 e. The fourth-order valence-corrected chi connectivity index (χ4v) is 1.39. The van der Waals surface area contributed by atoms with Gasteiger partial charge in [0.05, 0.1) is 26.8 Å². The lowest BCUT2D eigenvalue weighted by molar-refractivity contribution is -0.685. The SMILES string of the molecule is CCCC[n+]1ccccc1N(C)C.[Cl-]. The molecular weight excluding hydrogens is 196 g/mol. The molecule has 0 bridgehead atoms. The highest BCUT2D eigenvalue weighted by Gasteiger charge is 2.08. The number of hydrogen-bond donors (Lipinski definition) is 0. The van der Waals surface area contributed by atoms with Crippen molar-refractivity contribution in [1.82, 2.24) is 0 Å². The van der Waals surface area contributed by atoms with Crippen molar-refractivity contribution < 1.29 is 17.0 Å². The molecule has 0 aliphatic carbocycles. The number of nitrogens with zero attached hydrogens (tertiary/aromatic N) is 2. The summed E-state index contributed by atoms with van der Waals surface area (Å²) in [4.78, 5) is 2.15. The number of unbranched alkanes of at least 4 members (excludes halogenated alkanes) is 1. The molecule has 80 valence electrons. The van der Waals surface area contributed by atoms with E-state index in [0.717, 1.165) is 6.54 Å². The molecule has 1 rings (SSSR count). The van der Waals surface area contributed by atoms with Crippen LogP contribution in [-0.2, 0) is 6.54 Å². The van der Waals surface area contributed by atoms with Crippen molar-refractivity contribution in [2.45, 2.75) is 26.3 Å². The Balaban J connectivity index is 0.00000169. The maximum absolute atomic E-state index is 2.30. The van der Waals surface area contributed by atoms with Gasteiger partial charge in [-0.15, -0.1) is 0 Å². The molecule has 0 atom stereocenters. The molecule has 0 saturated carbocycles. The van der Waals surface area contributed by atoms with Crippen molar-refractivity contribution >= 4 is 5.82 Å². The molecule has 0 spiro atoms. The molecule has 3 heteroatoms. The Morgan fingerprint density at radius 2 is 2.00 bits per heavy atom. The first-order valence-electron chi connectivity index (χ1n) is 4.91. The Labute approximate surface area is 93.0 Å². The lowest BCUT2D eigenvalue weighted by atomic mass is 10.3. The van der Waals surface area contributed by atoms with Crippen LogP contribution in [0.4, 0.5) is 5.82 Å². The molecule has 0 saturated heterocycles. The van der Waals surface area contributed by atoms with Crippen LogP contribution in [0.1, 0.15) is 19.8 Å². The van der Waals surface area contributed by atoms with E-state index in [0.29, 0.717) is 0 Å². The van der Waals surface area contributed by atoms with Crippen LogP contribution < -0.4 is 21.9 Å². The van der Waals surface area contributed by atoms with E-state index in [1.807, 2.05) is 0 Å². The molecular formula is C11H19ClN2. The van der Waals surface area contributed by atoms with Crippen LogP contribution in [0.3, 0.4) is 0 Å². The lowest BCUT2D eigenvalue weighted by Gasteiger charge is -2.09. The van der Waals surface area contributed by atoms with Gasteiger partial charge >= 0.3 is 0 Å². The first-order valence-corrected chi connectivity index (χ1v) is 4.91. The zero-order chi connectivity index (χ0) is 9.68. The molecule has 0 N–H and O–H groups in total. The summed E-state index contributed by atoms with van der Waals surface area (Å²) < 4.78 is 2.30. The number of hydrogen-bond acceptors (Lipinski definition) is 1. The average molecular weight is 215 g/mol. The minimum Gasteiger partial charge on any atom is -1.00 e. The number of aromatic nitrogens is 1. The molecule has 1 aromatic rings. The van der Waals surface area contributed by atoms with Crippen molar-refractivity contribution in [3.63, 3.8) is 0 Å². The van der Waals surface area contributed by atoms with Gasteiger partial charge in [0.15, 0.2) is 0 Å². The second-order valence-electron chi connectivity index (χ2n) is 3.50.